The smallest absolute Gasteiger partial charge is 0.197 e. The van der Waals surface area contributed by atoms with Crippen molar-refractivity contribution in [2.75, 3.05) is 0 Å². The van der Waals surface area contributed by atoms with Crippen LogP contribution in [-0.2, 0) is 4.74 Å². The lowest BCUT2D eigenvalue weighted by Gasteiger charge is -2.05. The predicted octanol–water partition coefficient (Wildman–Crippen LogP) is 3.40. The van der Waals surface area contributed by atoms with Gasteiger partial charge in [0.2, 0.25) is 0 Å². The monoisotopic (exact) mass is 238 g/mol. The lowest BCUT2D eigenvalue weighted by molar-refractivity contribution is 0.0888. The van der Waals surface area contributed by atoms with E-state index in [2.05, 4.69) is 0 Å². The molecule has 0 bridgehead atoms. The van der Waals surface area contributed by atoms with E-state index in [0.717, 1.165) is 5.56 Å². The largest absolute Gasteiger partial charge is 0.353 e. The van der Waals surface area contributed by atoms with Gasteiger partial charge in [0, 0.05) is 5.56 Å². The Morgan fingerprint density at radius 3 is 2.17 bits per heavy atom. The van der Waals surface area contributed by atoms with Gasteiger partial charge in [-0.25, -0.2) is 0 Å². The zero-order chi connectivity index (χ0) is 12.6. The van der Waals surface area contributed by atoms with Crippen molar-refractivity contribution in [1.29, 1.82) is 0 Å². The van der Waals surface area contributed by atoms with Gasteiger partial charge in [-0.3, -0.25) is 4.79 Å². The van der Waals surface area contributed by atoms with Crippen LogP contribution < -0.4 is 0 Å². The number of hydrogen-bond donors (Lipinski definition) is 0. The molecule has 1 aliphatic rings. The molecule has 0 aromatic heterocycles. The maximum absolute atomic E-state index is 12.4. The van der Waals surface area contributed by atoms with Crippen molar-refractivity contribution in [2.24, 2.45) is 0 Å². The molecular weight excluding hydrogens is 224 g/mol. The second-order valence-corrected chi connectivity index (χ2v) is 4.71. The minimum atomic E-state index is -0.706. The number of Topliss-reactive ketones (excluding diaryl/α,β-unsaturated/α-hetero) is 1. The van der Waals surface area contributed by atoms with Gasteiger partial charge in [0.15, 0.2) is 11.4 Å². The van der Waals surface area contributed by atoms with Crippen molar-refractivity contribution in [3.63, 3.8) is 0 Å². The van der Waals surface area contributed by atoms with Crippen LogP contribution in [-0.4, -0.2) is 11.4 Å². The van der Waals surface area contributed by atoms with Crippen molar-refractivity contribution in [3.8, 4) is 0 Å². The standard InChI is InChI=1S/C16H14O2/c1-16(14(17)12-8-4-2-5-9-12)15(18-16)13-10-6-3-7-11-13/h2-11,15H,1H3/t15-,16+/m0/s1. The topological polar surface area (TPSA) is 29.6 Å². The molecule has 1 aliphatic heterocycles. The van der Waals surface area contributed by atoms with Gasteiger partial charge in [0.1, 0.15) is 6.10 Å². The zero-order valence-electron chi connectivity index (χ0n) is 10.2. The summed E-state index contributed by atoms with van der Waals surface area (Å²) in [6, 6.07) is 19.2. The van der Waals surface area contributed by atoms with Gasteiger partial charge in [-0.05, 0) is 12.5 Å². The molecular formula is C16H14O2. The molecule has 90 valence electrons. The van der Waals surface area contributed by atoms with Gasteiger partial charge in [-0.2, -0.15) is 0 Å². The van der Waals surface area contributed by atoms with Gasteiger partial charge in [0.05, 0.1) is 0 Å². The molecule has 1 heterocycles. The fourth-order valence-electron chi connectivity index (χ4n) is 2.27. The first-order chi connectivity index (χ1) is 8.72. The Labute approximate surface area is 106 Å². The molecule has 1 saturated heterocycles. The molecule has 0 N–H and O–H groups in total. The van der Waals surface area contributed by atoms with Gasteiger partial charge < -0.3 is 4.74 Å². The van der Waals surface area contributed by atoms with E-state index >= 15 is 0 Å². The Balaban J connectivity index is 1.85. The molecule has 0 spiro atoms. The quantitative estimate of drug-likeness (QED) is 0.606. The average molecular weight is 238 g/mol. The van der Waals surface area contributed by atoms with E-state index in [1.54, 1.807) is 0 Å². The molecule has 0 saturated carbocycles. The Bertz CT molecular complexity index is 562. The van der Waals surface area contributed by atoms with Crippen molar-refractivity contribution in [3.05, 3.63) is 71.8 Å². The summed E-state index contributed by atoms with van der Waals surface area (Å²) >= 11 is 0. The first kappa shape index (κ1) is 11.2. The van der Waals surface area contributed by atoms with Crippen LogP contribution in [0.1, 0.15) is 28.9 Å². The summed E-state index contributed by atoms with van der Waals surface area (Å²) < 4.78 is 5.66. The van der Waals surface area contributed by atoms with Crippen molar-refractivity contribution >= 4 is 5.78 Å². The fraction of sp³-hybridized carbons (Fsp3) is 0.188. The fourth-order valence-corrected chi connectivity index (χ4v) is 2.27. The second-order valence-electron chi connectivity index (χ2n) is 4.71. The summed E-state index contributed by atoms with van der Waals surface area (Å²) in [4.78, 5) is 12.4. The first-order valence-electron chi connectivity index (χ1n) is 6.04. The van der Waals surface area contributed by atoms with E-state index in [9.17, 15) is 4.79 Å². The van der Waals surface area contributed by atoms with Crippen LogP contribution in [0.15, 0.2) is 60.7 Å². The van der Waals surface area contributed by atoms with Gasteiger partial charge in [0.25, 0.3) is 0 Å². The van der Waals surface area contributed by atoms with Crippen LogP contribution in [0.4, 0.5) is 0 Å². The van der Waals surface area contributed by atoms with Crippen LogP contribution in [0.2, 0.25) is 0 Å². The lowest BCUT2D eigenvalue weighted by atomic mass is 9.93. The number of hydrogen-bond acceptors (Lipinski definition) is 2. The highest BCUT2D eigenvalue weighted by molar-refractivity contribution is 6.04. The minimum absolute atomic E-state index is 0.0527. The van der Waals surface area contributed by atoms with E-state index < -0.39 is 5.60 Å². The lowest BCUT2D eigenvalue weighted by Crippen LogP contribution is -2.21. The molecule has 0 radical (unpaired) electrons. The number of ether oxygens (including phenoxy) is 1. The molecule has 2 atom stereocenters. The highest BCUT2D eigenvalue weighted by Gasteiger charge is 2.58. The number of carbonyl (C=O) groups excluding carboxylic acids is 1. The summed E-state index contributed by atoms with van der Waals surface area (Å²) in [6.07, 6.45) is -0.119. The molecule has 0 unspecified atom stereocenters. The number of benzene rings is 2. The zero-order valence-corrected chi connectivity index (χ0v) is 10.2. The van der Waals surface area contributed by atoms with E-state index in [1.165, 1.54) is 0 Å². The third kappa shape index (κ3) is 1.75. The maximum atomic E-state index is 12.4. The third-order valence-electron chi connectivity index (χ3n) is 3.39. The summed E-state index contributed by atoms with van der Waals surface area (Å²) in [5, 5.41) is 0. The van der Waals surface area contributed by atoms with Gasteiger partial charge in [-0.15, -0.1) is 0 Å². The summed E-state index contributed by atoms with van der Waals surface area (Å²) in [6.45, 7) is 1.86. The van der Waals surface area contributed by atoms with Crippen molar-refractivity contribution in [1.82, 2.24) is 0 Å². The average Bonchev–Trinajstić information content (AvgIpc) is 3.14. The predicted molar refractivity (Wildman–Crippen MR) is 69.4 cm³/mol. The Kier molecular flexibility index (Phi) is 2.53. The molecule has 0 amide bonds. The van der Waals surface area contributed by atoms with E-state index in [-0.39, 0.29) is 11.9 Å². The Morgan fingerprint density at radius 1 is 1.00 bits per heavy atom. The summed E-state index contributed by atoms with van der Waals surface area (Å²) in [7, 11) is 0. The molecule has 2 aromatic rings. The highest BCUT2D eigenvalue weighted by Crippen LogP contribution is 2.50. The molecule has 0 aliphatic carbocycles. The number of epoxide rings is 1. The third-order valence-corrected chi connectivity index (χ3v) is 3.39. The van der Waals surface area contributed by atoms with E-state index in [0.29, 0.717) is 5.56 Å². The van der Waals surface area contributed by atoms with E-state index in [1.807, 2.05) is 67.6 Å². The maximum Gasteiger partial charge on any atom is 0.197 e. The number of carbonyl (C=O) groups is 1. The molecule has 2 heteroatoms. The molecule has 1 fully saturated rings. The van der Waals surface area contributed by atoms with Crippen LogP contribution in [0.3, 0.4) is 0 Å². The van der Waals surface area contributed by atoms with Gasteiger partial charge in [-0.1, -0.05) is 60.7 Å². The minimum Gasteiger partial charge on any atom is -0.353 e. The normalized spacial score (nSPS) is 25.7. The Hall–Kier alpha value is -1.93. The van der Waals surface area contributed by atoms with Gasteiger partial charge >= 0.3 is 0 Å². The van der Waals surface area contributed by atoms with E-state index in [4.69, 9.17) is 4.74 Å². The Morgan fingerprint density at radius 2 is 1.56 bits per heavy atom. The first-order valence-corrected chi connectivity index (χ1v) is 6.04. The van der Waals surface area contributed by atoms with Crippen LogP contribution >= 0.6 is 0 Å². The summed E-state index contributed by atoms with van der Waals surface area (Å²) in [5.41, 5.74) is 1.06. The molecule has 2 nitrogen and oxygen atoms in total. The SMILES string of the molecule is C[C@]1(C(=O)c2ccccc2)O[C@H]1c1ccccc1. The van der Waals surface area contributed by atoms with Crippen molar-refractivity contribution in [2.45, 2.75) is 18.6 Å². The van der Waals surface area contributed by atoms with Crippen LogP contribution in [0, 0.1) is 0 Å². The summed E-state index contributed by atoms with van der Waals surface area (Å²) in [5.74, 6) is 0.0527. The molecule has 3 rings (SSSR count). The van der Waals surface area contributed by atoms with Crippen LogP contribution in [0.25, 0.3) is 0 Å². The number of rotatable bonds is 3. The van der Waals surface area contributed by atoms with Crippen molar-refractivity contribution < 1.29 is 9.53 Å². The number of ketones is 1. The van der Waals surface area contributed by atoms with Crippen LogP contribution in [0.5, 0.6) is 0 Å². The second kappa shape index (κ2) is 4.07. The molecule has 18 heavy (non-hydrogen) atoms. The highest BCUT2D eigenvalue weighted by atomic mass is 16.6. The molecule has 2 aromatic carbocycles.